The van der Waals surface area contributed by atoms with E-state index < -0.39 is 11.6 Å². The molecule has 5 heteroatoms. The van der Waals surface area contributed by atoms with Crippen LogP contribution in [0.5, 0.6) is 0 Å². The van der Waals surface area contributed by atoms with E-state index in [-0.39, 0.29) is 6.61 Å². The van der Waals surface area contributed by atoms with E-state index in [0.717, 1.165) is 31.6 Å². The zero-order valence-electron chi connectivity index (χ0n) is 10.8. The zero-order chi connectivity index (χ0) is 13.1. The van der Waals surface area contributed by atoms with E-state index in [9.17, 15) is 0 Å². The number of hydrogen-bond donors (Lipinski definition) is 3. The molecule has 2 unspecified atom stereocenters. The predicted molar refractivity (Wildman–Crippen MR) is 72.0 cm³/mol. The van der Waals surface area contributed by atoms with Crippen LogP contribution in [-0.2, 0) is 0 Å². The van der Waals surface area contributed by atoms with Crippen LogP contribution in [0.3, 0.4) is 0 Å². The number of hydrogen-bond acceptors (Lipinski definition) is 5. The van der Waals surface area contributed by atoms with Gasteiger partial charge in [-0.2, -0.15) is 17.0 Å². The maximum absolute atomic E-state index is 9.14. The van der Waals surface area contributed by atoms with E-state index in [4.69, 9.17) is 15.5 Å². The van der Waals surface area contributed by atoms with Gasteiger partial charge in [0, 0.05) is 5.75 Å². The molecular formula is C12H24N2O2S. The van der Waals surface area contributed by atoms with Crippen LogP contribution >= 0.6 is 11.8 Å². The summed E-state index contributed by atoms with van der Waals surface area (Å²) >= 11 is 1.61. The highest BCUT2D eigenvalue weighted by Crippen LogP contribution is 2.14. The number of aliphatic hydroxyl groups excluding tert-OH is 2. The Labute approximate surface area is 108 Å². The monoisotopic (exact) mass is 260 g/mol. The van der Waals surface area contributed by atoms with Crippen LogP contribution in [-0.4, -0.2) is 46.5 Å². The summed E-state index contributed by atoms with van der Waals surface area (Å²) in [5, 5.41) is 30.1. The molecule has 0 spiro atoms. The third-order valence-electron chi connectivity index (χ3n) is 2.50. The number of nitrogens with zero attached hydrogens (tertiary/aromatic N) is 1. The van der Waals surface area contributed by atoms with E-state index >= 15 is 0 Å². The van der Waals surface area contributed by atoms with E-state index in [1.54, 1.807) is 11.8 Å². The molecule has 0 amide bonds. The Bertz CT molecular complexity index is 233. The highest BCUT2D eigenvalue weighted by molar-refractivity contribution is 7.99. The molecule has 0 rings (SSSR count). The van der Waals surface area contributed by atoms with Gasteiger partial charge in [-0.1, -0.05) is 6.92 Å². The quantitative estimate of drug-likeness (QED) is 0.513. The Kier molecular flexibility index (Phi) is 9.56. The molecule has 0 heterocycles. The maximum atomic E-state index is 9.14. The molecule has 0 fully saturated rings. The van der Waals surface area contributed by atoms with Crippen molar-refractivity contribution in [3.8, 4) is 6.07 Å². The van der Waals surface area contributed by atoms with E-state index in [1.165, 1.54) is 0 Å². The molecule has 2 atom stereocenters. The first-order valence-corrected chi connectivity index (χ1v) is 7.26. The molecule has 100 valence electrons. The third kappa shape index (κ3) is 8.44. The number of nitrogens with one attached hydrogen (secondary N) is 1. The molecule has 0 aromatic heterocycles. The van der Waals surface area contributed by atoms with Gasteiger partial charge in [0.25, 0.3) is 0 Å². The van der Waals surface area contributed by atoms with Crippen molar-refractivity contribution in [2.75, 3.05) is 24.7 Å². The minimum Gasteiger partial charge on any atom is -0.394 e. The van der Waals surface area contributed by atoms with Crippen molar-refractivity contribution in [1.82, 2.24) is 5.32 Å². The van der Waals surface area contributed by atoms with Gasteiger partial charge in [0.05, 0.1) is 18.8 Å². The van der Waals surface area contributed by atoms with Crippen LogP contribution in [0.15, 0.2) is 0 Å². The first kappa shape index (κ1) is 16.7. The minimum absolute atomic E-state index is 0.180. The summed E-state index contributed by atoms with van der Waals surface area (Å²) < 4.78 is 0. The van der Waals surface area contributed by atoms with Gasteiger partial charge in [-0.15, -0.1) is 0 Å². The average molecular weight is 260 g/mol. The summed E-state index contributed by atoms with van der Waals surface area (Å²) in [7, 11) is 0. The summed E-state index contributed by atoms with van der Waals surface area (Å²) in [6.45, 7) is 4.69. The van der Waals surface area contributed by atoms with Crippen molar-refractivity contribution >= 4 is 11.8 Å². The maximum Gasteiger partial charge on any atom is 0.103 e. The van der Waals surface area contributed by atoms with E-state index in [0.29, 0.717) is 5.75 Å². The smallest absolute Gasteiger partial charge is 0.103 e. The van der Waals surface area contributed by atoms with Gasteiger partial charge in [-0.3, -0.25) is 5.32 Å². The first-order chi connectivity index (χ1) is 8.08. The van der Waals surface area contributed by atoms with Gasteiger partial charge >= 0.3 is 0 Å². The Balaban J connectivity index is 3.66. The number of aliphatic hydroxyl groups is 2. The third-order valence-corrected chi connectivity index (χ3v) is 3.70. The second-order valence-electron chi connectivity index (χ2n) is 4.39. The fraction of sp³-hybridized carbons (Fsp3) is 0.917. The van der Waals surface area contributed by atoms with Crippen molar-refractivity contribution in [1.29, 1.82) is 5.26 Å². The van der Waals surface area contributed by atoms with Crippen LogP contribution in [0.4, 0.5) is 0 Å². The summed E-state index contributed by atoms with van der Waals surface area (Å²) in [5.74, 6) is 1.46. The lowest BCUT2D eigenvalue weighted by atomic mass is 9.98. The Morgan fingerprint density at radius 2 is 2.24 bits per heavy atom. The van der Waals surface area contributed by atoms with Crippen LogP contribution in [0.2, 0.25) is 0 Å². The summed E-state index contributed by atoms with van der Waals surface area (Å²) in [6, 6.07) is 2.31. The number of rotatable bonds is 10. The van der Waals surface area contributed by atoms with Gasteiger partial charge in [-0.05, 0) is 38.5 Å². The van der Waals surface area contributed by atoms with E-state index in [1.807, 2.05) is 6.92 Å². The SMILES string of the molecule is CCCNC(C)(C#N)CCCSCC(O)CO. The normalized spacial score (nSPS) is 16.2. The second kappa shape index (κ2) is 9.72. The summed E-state index contributed by atoms with van der Waals surface area (Å²) in [4.78, 5) is 0. The molecule has 4 nitrogen and oxygen atoms in total. The van der Waals surface area contributed by atoms with Gasteiger partial charge in [0.1, 0.15) is 5.54 Å². The summed E-state index contributed by atoms with van der Waals surface area (Å²) in [6.07, 6.45) is 2.14. The molecule has 0 aliphatic rings. The van der Waals surface area contributed by atoms with E-state index in [2.05, 4.69) is 18.3 Å². The van der Waals surface area contributed by atoms with Crippen molar-refractivity contribution in [3.63, 3.8) is 0 Å². The number of nitriles is 1. The second-order valence-corrected chi connectivity index (χ2v) is 5.54. The minimum atomic E-state index is -0.624. The largest absolute Gasteiger partial charge is 0.394 e. The molecule has 0 aliphatic carbocycles. The lowest BCUT2D eigenvalue weighted by Crippen LogP contribution is -2.41. The molecule has 17 heavy (non-hydrogen) atoms. The number of thioether (sulfide) groups is 1. The summed E-state index contributed by atoms with van der Waals surface area (Å²) in [5.41, 5.74) is -0.438. The Hall–Kier alpha value is -0.280. The topological polar surface area (TPSA) is 76.3 Å². The molecule has 0 radical (unpaired) electrons. The molecule has 0 bridgehead atoms. The van der Waals surface area contributed by atoms with Crippen LogP contribution < -0.4 is 5.32 Å². The van der Waals surface area contributed by atoms with Crippen LogP contribution in [0.25, 0.3) is 0 Å². The molecule has 0 aromatic rings. The van der Waals surface area contributed by atoms with Crippen molar-refractivity contribution in [2.24, 2.45) is 0 Å². The molecule has 0 aromatic carbocycles. The molecule has 0 aliphatic heterocycles. The predicted octanol–water partition coefficient (Wildman–Crippen LogP) is 1.13. The Morgan fingerprint density at radius 3 is 2.76 bits per heavy atom. The average Bonchev–Trinajstić information content (AvgIpc) is 2.35. The highest BCUT2D eigenvalue weighted by Gasteiger charge is 2.21. The zero-order valence-corrected chi connectivity index (χ0v) is 11.6. The standard InChI is InChI=1S/C12H24N2O2S/c1-3-6-14-12(2,10-13)5-4-7-17-9-11(16)8-15/h11,14-16H,3-9H2,1-2H3. The van der Waals surface area contributed by atoms with Crippen LogP contribution in [0.1, 0.15) is 33.1 Å². The highest BCUT2D eigenvalue weighted by atomic mass is 32.2. The Morgan fingerprint density at radius 1 is 1.53 bits per heavy atom. The molecule has 3 N–H and O–H groups in total. The van der Waals surface area contributed by atoms with Crippen molar-refractivity contribution in [2.45, 2.75) is 44.8 Å². The fourth-order valence-electron chi connectivity index (χ4n) is 1.38. The molecule has 0 saturated carbocycles. The lowest BCUT2D eigenvalue weighted by Gasteiger charge is -2.22. The lowest BCUT2D eigenvalue weighted by molar-refractivity contribution is 0.113. The fourth-order valence-corrected chi connectivity index (χ4v) is 2.28. The van der Waals surface area contributed by atoms with Gasteiger partial charge < -0.3 is 10.2 Å². The molecule has 0 saturated heterocycles. The van der Waals surface area contributed by atoms with Crippen molar-refractivity contribution < 1.29 is 10.2 Å². The molecular weight excluding hydrogens is 236 g/mol. The van der Waals surface area contributed by atoms with Crippen molar-refractivity contribution in [3.05, 3.63) is 0 Å². The first-order valence-electron chi connectivity index (χ1n) is 6.11. The van der Waals surface area contributed by atoms with Gasteiger partial charge in [-0.25, -0.2) is 0 Å². The van der Waals surface area contributed by atoms with Gasteiger partial charge in [0.15, 0.2) is 0 Å². The van der Waals surface area contributed by atoms with Gasteiger partial charge in [0.2, 0.25) is 0 Å². The van der Waals surface area contributed by atoms with Crippen LogP contribution in [0, 0.1) is 11.3 Å².